The maximum atomic E-state index is 12.7. The van der Waals surface area contributed by atoms with Crippen LogP contribution in [0, 0.1) is 6.92 Å². The van der Waals surface area contributed by atoms with Crippen molar-refractivity contribution in [1.29, 1.82) is 0 Å². The molecule has 0 bridgehead atoms. The zero-order valence-electron chi connectivity index (χ0n) is 19.8. The quantitative estimate of drug-likeness (QED) is 0.222. The zero-order chi connectivity index (χ0) is 26.0. The molecule has 188 valence electrons. The predicted octanol–water partition coefficient (Wildman–Crippen LogP) is 6.21. The number of fused-ring (bicyclic) bond motifs is 1. The standard InChI is InChI=1S/C27H23BrClN5O2S/c1-18-6-4-9-21(12-18)37(35,36)32-16-20-8-5-7-19(13-20)15-30-26-14-25(22-10-2-3-11-24(22)29)33-27-23(28)17-31-34(26)27/h2-14,17,30,32H,15-16H2,1H3. The number of nitrogens with zero attached hydrogens (tertiary/aromatic N) is 3. The van der Waals surface area contributed by atoms with Gasteiger partial charge in [0, 0.05) is 29.7 Å². The molecule has 0 aliphatic carbocycles. The molecule has 5 aromatic rings. The Kier molecular flexibility index (Phi) is 7.30. The fourth-order valence-electron chi connectivity index (χ4n) is 3.96. The minimum absolute atomic E-state index is 0.187. The average Bonchev–Trinajstić information content (AvgIpc) is 3.27. The highest BCUT2D eigenvalue weighted by Crippen LogP contribution is 2.30. The van der Waals surface area contributed by atoms with Crippen molar-refractivity contribution >= 4 is 49.0 Å². The van der Waals surface area contributed by atoms with Gasteiger partial charge >= 0.3 is 0 Å². The van der Waals surface area contributed by atoms with Crippen molar-refractivity contribution in [2.24, 2.45) is 0 Å². The van der Waals surface area contributed by atoms with Crippen LogP contribution in [0.3, 0.4) is 0 Å². The Morgan fingerprint density at radius 1 is 0.946 bits per heavy atom. The molecule has 3 aromatic carbocycles. The van der Waals surface area contributed by atoms with E-state index in [-0.39, 0.29) is 11.4 Å². The summed E-state index contributed by atoms with van der Waals surface area (Å²) in [6.45, 7) is 2.55. The first-order valence-electron chi connectivity index (χ1n) is 11.5. The zero-order valence-corrected chi connectivity index (χ0v) is 23.0. The van der Waals surface area contributed by atoms with Crippen LogP contribution in [-0.2, 0) is 23.1 Å². The predicted molar refractivity (Wildman–Crippen MR) is 150 cm³/mol. The van der Waals surface area contributed by atoms with E-state index in [1.54, 1.807) is 28.9 Å². The van der Waals surface area contributed by atoms with Crippen LogP contribution in [0.1, 0.15) is 16.7 Å². The molecule has 0 radical (unpaired) electrons. The Morgan fingerprint density at radius 3 is 2.49 bits per heavy atom. The van der Waals surface area contributed by atoms with E-state index in [9.17, 15) is 8.42 Å². The van der Waals surface area contributed by atoms with E-state index in [0.29, 0.717) is 17.2 Å². The molecule has 0 atom stereocenters. The minimum atomic E-state index is -3.61. The molecule has 2 heterocycles. The molecule has 0 saturated carbocycles. The maximum Gasteiger partial charge on any atom is 0.240 e. The number of hydrogen-bond acceptors (Lipinski definition) is 5. The van der Waals surface area contributed by atoms with Gasteiger partial charge < -0.3 is 5.32 Å². The molecule has 0 aliphatic rings. The van der Waals surface area contributed by atoms with Crippen LogP contribution in [0.4, 0.5) is 5.82 Å². The first-order chi connectivity index (χ1) is 17.8. The van der Waals surface area contributed by atoms with Crippen LogP contribution in [0.5, 0.6) is 0 Å². The summed E-state index contributed by atoms with van der Waals surface area (Å²) in [5, 5.41) is 8.48. The topological polar surface area (TPSA) is 88.4 Å². The Hall–Kier alpha value is -3.24. The Bertz CT molecular complexity index is 1700. The van der Waals surface area contributed by atoms with Gasteiger partial charge in [-0.2, -0.15) is 9.61 Å². The third kappa shape index (κ3) is 5.70. The van der Waals surface area contributed by atoms with Gasteiger partial charge in [-0.1, -0.05) is 66.2 Å². The van der Waals surface area contributed by atoms with Gasteiger partial charge in [0.15, 0.2) is 5.65 Å². The van der Waals surface area contributed by atoms with Crippen LogP contribution < -0.4 is 10.0 Å². The number of sulfonamides is 1. The van der Waals surface area contributed by atoms with Crippen LogP contribution >= 0.6 is 27.5 Å². The number of hydrogen-bond donors (Lipinski definition) is 2. The highest BCUT2D eigenvalue weighted by Gasteiger charge is 2.15. The molecule has 37 heavy (non-hydrogen) atoms. The van der Waals surface area contributed by atoms with Gasteiger partial charge in [0.25, 0.3) is 0 Å². The summed E-state index contributed by atoms with van der Waals surface area (Å²) in [6, 6.07) is 24.1. The van der Waals surface area contributed by atoms with E-state index in [4.69, 9.17) is 16.6 Å². The van der Waals surface area contributed by atoms with Gasteiger partial charge in [0.2, 0.25) is 10.0 Å². The Labute approximate surface area is 228 Å². The van der Waals surface area contributed by atoms with Crippen LogP contribution in [0.2, 0.25) is 5.02 Å². The molecular weight excluding hydrogens is 574 g/mol. The van der Waals surface area contributed by atoms with E-state index in [1.807, 2.05) is 67.6 Å². The van der Waals surface area contributed by atoms with Crippen molar-refractivity contribution in [3.8, 4) is 11.3 Å². The molecule has 0 unspecified atom stereocenters. The fraction of sp³-hybridized carbons (Fsp3) is 0.111. The van der Waals surface area contributed by atoms with E-state index < -0.39 is 10.0 Å². The van der Waals surface area contributed by atoms with Crippen LogP contribution in [0.25, 0.3) is 16.9 Å². The van der Waals surface area contributed by atoms with Crippen molar-refractivity contribution in [3.05, 3.63) is 111 Å². The average molecular weight is 597 g/mol. The second-order valence-electron chi connectivity index (χ2n) is 8.55. The molecule has 5 rings (SSSR count). The van der Waals surface area contributed by atoms with Gasteiger partial charge in [0.1, 0.15) is 5.82 Å². The van der Waals surface area contributed by atoms with Crippen molar-refractivity contribution in [2.75, 3.05) is 5.32 Å². The minimum Gasteiger partial charge on any atom is -0.366 e. The SMILES string of the molecule is Cc1cccc(S(=O)(=O)NCc2cccc(CNc3cc(-c4ccccc4Cl)nc4c(Br)cnn34)c2)c1. The number of aromatic nitrogens is 3. The second kappa shape index (κ2) is 10.6. The molecule has 0 spiro atoms. The number of aryl methyl sites for hydroxylation is 1. The summed E-state index contributed by atoms with van der Waals surface area (Å²) in [5.74, 6) is 0.746. The summed E-state index contributed by atoms with van der Waals surface area (Å²) in [7, 11) is -3.61. The monoisotopic (exact) mass is 595 g/mol. The molecule has 0 amide bonds. The van der Waals surface area contributed by atoms with Crippen molar-refractivity contribution < 1.29 is 8.42 Å². The van der Waals surface area contributed by atoms with Crippen molar-refractivity contribution in [3.63, 3.8) is 0 Å². The lowest BCUT2D eigenvalue weighted by Crippen LogP contribution is -2.23. The first kappa shape index (κ1) is 25.4. The third-order valence-corrected chi connectivity index (χ3v) is 8.10. The summed E-state index contributed by atoms with van der Waals surface area (Å²) >= 11 is 9.95. The van der Waals surface area contributed by atoms with Crippen LogP contribution in [0.15, 0.2) is 94.4 Å². The highest BCUT2D eigenvalue weighted by atomic mass is 79.9. The van der Waals surface area contributed by atoms with E-state index in [0.717, 1.165) is 38.2 Å². The molecular formula is C27H23BrClN5O2S. The van der Waals surface area contributed by atoms with Gasteiger partial charge in [-0.15, -0.1) is 0 Å². The number of anilines is 1. The van der Waals surface area contributed by atoms with Gasteiger partial charge in [0.05, 0.1) is 21.3 Å². The van der Waals surface area contributed by atoms with Gasteiger partial charge in [-0.05, 0) is 57.7 Å². The number of halogens is 2. The first-order valence-corrected chi connectivity index (χ1v) is 14.1. The van der Waals surface area contributed by atoms with E-state index >= 15 is 0 Å². The Morgan fingerprint density at radius 2 is 1.70 bits per heavy atom. The molecule has 10 heteroatoms. The van der Waals surface area contributed by atoms with Crippen LogP contribution in [-0.4, -0.2) is 23.0 Å². The lowest BCUT2D eigenvalue weighted by molar-refractivity contribution is 0.581. The number of benzene rings is 3. The largest absolute Gasteiger partial charge is 0.366 e. The summed E-state index contributed by atoms with van der Waals surface area (Å²) in [5.41, 5.74) is 4.95. The lowest BCUT2D eigenvalue weighted by Gasteiger charge is -2.13. The van der Waals surface area contributed by atoms with Crippen molar-refractivity contribution in [1.82, 2.24) is 19.3 Å². The third-order valence-electron chi connectivity index (χ3n) is 5.81. The smallest absolute Gasteiger partial charge is 0.240 e. The molecule has 0 saturated heterocycles. The van der Waals surface area contributed by atoms with E-state index in [2.05, 4.69) is 31.1 Å². The van der Waals surface area contributed by atoms with Crippen molar-refractivity contribution in [2.45, 2.75) is 24.9 Å². The number of rotatable bonds is 8. The Balaban J connectivity index is 1.35. The molecule has 2 aromatic heterocycles. The van der Waals surface area contributed by atoms with Gasteiger partial charge in [-0.25, -0.2) is 18.1 Å². The summed E-state index contributed by atoms with van der Waals surface area (Å²) in [4.78, 5) is 4.99. The molecule has 0 fully saturated rings. The normalized spacial score (nSPS) is 11.6. The molecule has 7 nitrogen and oxygen atoms in total. The fourth-order valence-corrected chi connectivity index (χ4v) is 5.66. The second-order valence-corrected chi connectivity index (χ2v) is 11.6. The summed E-state index contributed by atoms with van der Waals surface area (Å²) < 4.78 is 30.6. The van der Waals surface area contributed by atoms with E-state index in [1.165, 1.54) is 0 Å². The lowest BCUT2D eigenvalue weighted by atomic mass is 10.1. The maximum absolute atomic E-state index is 12.7. The highest BCUT2D eigenvalue weighted by molar-refractivity contribution is 9.10. The molecule has 2 N–H and O–H groups in total. The molecule has 0 aliphatic heterocycles. The number of nitrogens with one attached hydrogen (secondary N) is 2. The summed E-state index contributed by atoms with van der Waals surface area (Å²) in [6.07, 6.45) is 1.70. The van der Waals surface area contributed by atoms with Gasteiger partial charge in [-0.3, -0.25) is 0 Å².